The number of aromatic amines is 1. The molecule has 0 aliphatic carbocycles. The molecule has 0 saturated carbocycles. The number of aromatic nitrogens is 2. The lowest BCUT2D eigenvalue weighted by molar-refractivity contribution is -0.147. The van der Waals surface area contributed by atoms with Crippen LogP contribution in [0.4, 0.5) is 0 Å². The van der Waals surface area contributed by atoms with E-state index in [2.05, 4.69) is 41.5 Å². The van der Waals surface area contributed by atoms with Crippen LogP contribution in [-0.2, 0) is 49.6 Å². The van der Waals surface area contributed by atoms with Crippen LogP contribution in [0.2, 0.25) is 0 Å². The monoisotopic (exact) mass is 1000 g/mol. The van der Waals surface area contributed by atoms with Gasteiger partial charge in [0.25, 0.3) is 0 Å². The minimum atomic E-state index is -1.63. The zero-order valence-electron chi connectivity index (χ0n) is 40.6. The fourth-order valence-corrected chi connectivity index (χ4v) is 8.97. The van der Waals surface area contributed by atoms with Crippen molar-refractivity contribution in [3.63, 3.8) is 0 Å². The fraction of sp³-hybridized carbons (Fsp3) is 0.705. The van der Waals surface area contributed by atoms with Gasteiger partial charge in [0.15, 0.2) is 5.96 Å². The number of nitrogens with two attached hydrogens (primary N) is 3. The second-order valence-electron chi connectivity index (χ2n) is 18.7. The number of carbonyl (C=O) groups is 9. The Morgan fingerprint density at radius 1 is 0.718 bits per heavy atom. The van der Waals surface area contributed by atoms with Crippen LogP contribution in [0.1, 0.15) is 91.2 Å². The van der Waals surface area contributed by atoms with E-state index in [0.29, 0.717) is 25.0 Å². The molecule has 4 heterocycles. The van der Waals surface area contributed by atoms with Crippen LogP contribution >= 0.6 is 0 Å². The summed E-state index contributed by atoms with van der Waals surface area (Å²) in [6, 6.07) is -11.9. The number of carbonyl (C=O) groups excluding carboxylic acids is 8. The number of nitrogens with zero attached hydrogens (tertiary/aromatic N) is 5. The molecular formula is C44H72N14O13. The molecule has 396 valence electrons. The third-order valence-electron chi connectivity index (χ3n) is 12.6. The van der Waals surface area contributed by atoms with E-state index in [4.69, 9.17) is 17.2 Å². The molecule has 3 aliphatic rings. The first-order valence-electron chi connectivity index (χ1n) is 24.0. The molecule has 27 nitrogen and oxygen atoms in total. The molecule has 4 rings (SSSR count). The molecule has 1 aromatic rings. The molecule has 8 amide bonds. The highest BCUT2D eigenvalue weighted by Crippen LogP contribution is 2.23. The van der Waals surface area contributed by atoms with Crippen LogP contribution in [0.5, 0.6) is 0 Å². The highest BCUT2D eigenvalue weighted by molar-refractivity contribution is 5.99. The Morgan fingerprint density at radius 3 is 1.70 bits per heavy atom. The third kappa shape index (κ3) is 15.8. The van der Waals surface area contributed by atoms with Crippen LogP contribution in [0.15, 0.2) is 17.5 Å². The minimum Gasteiger partial charge on any atom is -0.480 e. The van der Waals surface area contributed by atoms with Crippen LogP contribution in [-0.4, -0.2) is 204 Å². The molecule has 27 heteroatoms. The van der Waals surface area contributed by atoms with E-state index < -0.39 is 126 Å². The normalized spacial score (nSPS) is 21.2. The summed E-state index contributed by atoms with van der Waals surface area (Å²) in [5.41, 5.74) is 17.8. The third-order valence-corrected chi connectivity index (χ3v) is 12.6. The van der Waals surface area contributed by atoms with Gasteiger partial charge in [0, 0.05) is 44.5 Å². The summed E-state index contributed by atoms with van der Waals surface area (Å²) in [5.74, 6) is -8.02. The number of nitrogens with one attached hydrogen (secondary N) is 6. The molecule has 0 aromatic carbocycles. The first kappa shape index (κ1) is 57.1. The second-order valence-corrected chi connectivity index (χ2v) is 18.7. The quantitative estimate of drug-likeness (QED) is 0.0247. The Bertz CT molecular complexity index is 2070. The SMILES string of the molecule is CC(C)C[C@H](NC(=O)[C@@H](NC(=O)[C@@H]1CCCN1C(=O)[C@@H](NC(=O)[C@@H]1CCCN1C(=O)[C@H](CO)NC(=O)[C@H](CCCN=C(N)N)NC(=O)[C@@H]1CCCN1C(=O)[C@@H](N)Cc1cnc[nH]1)[C@@H](C)O)[C@@H](C)O)C(=O)O. The van der Waals surface area contributed by atoms with E-state index >= 15 is 0 Å². The summed E-state index contributed by atoms with van der Waals surface area (Å²) in [4.78, 5) is 136. The predicted molar refractivity (Wildman–Crippen MR) is 252 cm³/mol. The van der Waals surface area contributed by atoms with Gasteiger partial charge in [-0.1, -0.05) is 13.8 Å². The van der Waals surface area contributed by atoms with Gasteiger partial charge in [-0.15, -0.1) is 0 Å². The summed E-state index contributed by atoms with van der Waals surface area (Å²) >= 11 is 0. The standard InChI is InChI=1S/C44H72N14O13/c1-22(2)17-28(43(70)71)52-39(66)33(23(3)60)54-37(64)32-12-8-16-58(32)42(69)34(24(4)61)55-38(65)31-11-7-15-57(31)41(68)29(20-59)53-35(62)27(9-5-13-49-44(46)47)51-36(63)30-10-6-14-56(30)40(67)26(45)18-25-19-48-21-50-25/h19,21-24,26-34,59-61H,5-18,20,45H2,1-4H3,(H,48,50)(H,51,63)(H,52,66)(H,53,62)(H,54,64)(H,55,65)(H,70,71)(H4,46,47,49)/t23-,24-,26+,27+,28+,29+,30+,31+,32+,33+,34+/m1/s1. The Morgan fingerprint density at radius 2 is 1.23 bits per heavy atom. The molecule has 0 radical (unpaired) electrons. The van der Waals surface area contributed by atoms with E-state index in [-0.39, 0.29) is 83.0 Å². The van der Waals surface area contributed by atoms with Crippen LogP contribution in [0.3, 0.4) is 0 Å². The number of aliphatic imine (C=N–C) groups is 1. The minimum absolute atomic E-state index is 0.000386. The Hall–Kier alpha value is -6.45. The van der Waals surface area contributed by atoms with E-state index in [1.807, 2.05) is 0 Å². The summed E-state index contributed by atoms with van der Waals surface area (Å²) in [5, 5.41) is 53.7. The summed E-state index contributed by atoms with van der Waals surface area (Å²) in [7, 11) is 0. The number of aliphatic carboxylic acids is 1. The number of H-pyrrole nitrogens is 1. The maximum Gasteiger partial charge on any atom is 0.326 e. The van der Waals surface area contributed by atoms with Crippen molar-refractivity contribution >= 4 is 59.2 Å². The van der Waals surface area contributed by atoms with Crippen molar-refractivity contribution in [2.45, 2.75) is 158 Å². The average molecular weight is 1010 g/mol. The van der Waals surface area contributed by atoms with E-state index in [1.54, 1.807) is 13.8 Å². The number of rotatable bonds is 25. The smallest absolute Gasteiger partial charge is 0.326 e. The molecule has 71 heavy (non-hydrogen) atoms. The van der Waals surface area contributed by atoms with Crippen molar-refractivity contribution in [1.29, 1.82) is 0 Å². The maximum atomic E-state index is 14.0. The van der Waals surface area contributed by atoms with Gasteiger partial charge >= 0.3 is 5.97 Å². The number of likely N-dealkylation sites (tertiary alicyclic amines) is 3. The van der Waals surface area contributed by atoms with Crippen molar-refractivity contribution in [2.75, 3.05) is 32.8 Å². The van der Waals surface area contributed by atoms with Gasteiger partial charge in [-0.3, -0.25) is 43.3 Å². The van der Waals surface area contributed by atoms with Gasteiger partial charge in [-0.05, 0) is 77.6 Å². The molecule has 11 atom stereocenters. The number of amides is 8. The van der Waals surface area contributed by atoms with Gasteiger partial charge in [0.1, 0.15) is 48.3 Å². The number of guanidine groups is 1. The molecule has 3 aliphatic heterocycles. The largest absolute Gasteiger partial charge is 0.480 e. The van der Waals surface area contributed by atoms with Gasteiger partial charge in [-0.2, -0.15) is 0 Å². The lowest BCUT2D eigenvalue weighted by atomic mass is 10.0. The van der Waals surface area contributed by atoms with Gasteiger partial charge < -0.3 is 83.9 Å². The molecule has 0 bridgehead atoms. The van der Waals surface area contributed by atoms with Gasteiger partial charge in [0.2, 0.25) is 47.3 Å². The summed E-state index contributed by atoms with van der Waals surface area (Å²) in [6.45, 7) is 5.38. The Kier molecular flexibility index (Phi) is 21.5. The number of carboxylic acids is 1. The molecule has 1 aromatic heterocycles. The number of aliphatic hydroxyl groups is 3. The molecule has 3 saturated heterocycles. The van der Waals surface area contributed by atoms with Crippen molar-refractivity contribution < 1.29 is 63.6 Å². The topological polar surface area (TPSA) is 424 Å². The number of hydrogen-bond donors (Lipinski definition) is 13. The first-order chi connectivity index (χ1) is 33.5. The lowest BCUT2D eigenvalue weighted by Gasteiger charge is -2.33. The molecular weight excluding hydrogens is 933 g/mol. The van der Waals surface area contributed by atoms with E-state index in [1.165, 1.54) is 31.3 Å². The molecule has 0 spiro atoms. The van der Waals surface area contributed by atoms with Crippen LogP contribution < -0.4 is 43.8 Å². The zero-order chi connectivity index (χ0) is 52.7. The van der Waals surface area contributed by atoms with Gasteiger partial charge in [0.05, 0.1) is 31.2 Å². The number of hydrogen-bond acceptors (Lipinski definition) is 15. The fourth-order valence-electron chi connectivity index (χ4n) is 8.97. The van der Waals surface area contributed by atoms with Crippen LogP contribution in [0.25, 0.3) is 0 Å². The number of aliphatic hydroxyl groups excluding tert-OH is 3. The average Bonchev–Trinajstić information content (AvgIpc) is 4.17. The molecule has 0 unspecified atom stereocenters. The number of carboxylic acid groups (broad SMARTS) is 1. The lowest BCUT2D eigenvalue weighted by Crippen LogP contribution is -2.62. The predicted octanol–water partition coefficient (Wildman–Crippen LogP) is -5.39. The van der Waals surface area contributed by atoms with Crippen LogP contribution in [0, 0.1) is 5.92 Å². The molecule has 3 fully saturated rings. The van der Waals surface area contributed by atoms with Gasteiger partial charge in [-0.25, -0.2) is 9.78 Å². The summed E-state index contributed by atoms with van der Waals surface area (Å²) < 4.78 is 0. The molecule has 16 N–H and O–H groups in total. The highest BCUT2D eigenvalue weighted by atomic mass is 16.4. The van der Waals surface area contributed by atoms with Crippen molar-refractivity contribution in [3.05, 3.63) is 18.2 Å². The van der Waals surface area contributed by atoms with E-state index in [9.17, 15) is 63.6 Å². The summed E-state index contributed by atoms with van der Waals surface area (Å²) in [6.07, 6.45) is 1.92. The highest BCUT2D eigenvalue weighted by Gasteiger charge is 2.44. The number of imidazole rings is 1. The zero-order valence-corrected chi connectivity index (χ0v) is 40.6. The van der Waals surface area contributed by atoms with Crippen molar-refractivity contribution in [1.82, 2.24) is 51.3 Å². The first-order valence-corrected chi connectivity index (χ1v) is 24.0. The second kappa shape index (κ2) is 26.7. The Balaban J connectivity index is 1.43. The van der Waals surface area contributed by atoms with Crippen molar-refractivity contribution in [3.8, 4) is 0 Å². The Labute approximate surface area is 410 Å². The van der Waals surface area contributed by atoms with Crippen molar-refractivity contribution in [2.24, 2.45) is 28.1 Å². The maximum absolute atomic E-state index is 14.0. The van der Waals surface area contributed by atoms with E-state index in [0.717, 1.165) is 9.80 Å².